The van der Waals surface area contributed by atoms with Crippen molar-refractivity contribution < 1.29 is 0 Å². The Kier molecular flexibility index (Phi) is 7.46. The zero-order valence-corrected chi connectivity index (χ0v) is 30.3. The van der Waals surface area contributed by atoms with Gasteiger partial charge in [0.1, 0.15) is 0 Å². The van der Waals surface area contributed by atoms with Gasteiger partial charge in [0.15, 0.2) is 17.5 Å². The molecule has 0 saturated carbocycles. The first-order chi connectivity index (χ1) is 27.8. The molecule has 0 aliphatic carbocycles. The standard InChI is InChI=1S/C52H32N4/c1-3-15-34(16-4-1)50-54-51(35-17-5-2-6-18-35)56-52(55-50)38-30-36(39-27-13-19-33-20-14-28-53-49(33)39)29-37(31-38)46-32-47-42-23-8-7-21-40(42)41-22-9-11-25-44(41)48(47)45-26-12-10-24-43(45)46/h1-32H. The molecular formula is C52H32N4. The summed E-state index contributed by atoms with van der Waals surface area (Å²) in [6.07, 6.45) is 1.87. The smallest absolute Gasteiger partial charge is 0.164 e. The average Bonchev–Trinajstić information content (AvgIpc) is 3.28. The van der Waals surface area contributed by atoms with Gasteiger partial charge in [0.05, 0.1) is 5.52 Å². The van der Waals surface area contributed by atoms with Crippen molar-refractivity contribution in [2.75, 3.05) is 0 Å². The third kappa shape index (κ3) is 5.31. The molecule has 0 bridgehead atoms. The molecule has 0 N–H and O–H groups in total. The minimum Gasteiger partial charge on any atom is -0.256 e. The van der Waals surface area contributed by atoms with Crippen molar-refractivity contribution in [3.63, 3.8) is 0 Å². The van der Waals surface area contributed by atoms with Crippen molar-refractivity contribution in [3.05, 3.63) is 194 Å². The van der Waals surface area contributed by atoms with E-state index in [1.54, 1.807) is 0 Å². The molecule has 0 aliphatic heterocycles. The second-order valence-corrected chi connectivity index (χ2v) is 14.2. The molecule has 9 aromatic carbocycles. The maximum absolute atomic E-state index is 5.18. The molecule has 56 heavy (non-hydrogen) atoms. The Morgan fingerprint density at radius 2 is 0.750 bits per heavy atom. The van der Waals surface area contributed by atoms with Crippen LogP contribution in [0.5, 0.6) is 0 Å². The summed E-state index contributed by atoms with van der Waals surface area (Å²) in [5.41, 5.74) is 8.02. The van der Waals surface area contributed by atoms with E-state index >= 15 is 0 Å². The number of nitrogens with zero attached hydrogens (tertiary/aromatic N) is 4. The van der Waals surface area contributed by atoms with Crippen LogP contribution in [0, 0.1) is 0 Å². The van der Waals surface area contributed by atoms with Gasteiger partial charge in [0.2, 0.25) is 0 Å². The number of rotatable bonds is 5. The lowest BCUT2D eigenvalue weighted by Gasteiger charge is -2.18. The van der Waals surface area contributed by atoms with Crippen LogP contribution in [-0.2, 0) is 0 Å². The van der Waals surface area contributed by atoms with Gasteiger partial charge in [-0.3, -0.25) is 4.98 Å². The van der Waals surface area contributed by atoms with Crippen LogP contribution in [0.25, 0.3) is 110 Å². The zero-order valence-electron chi connectivity index (χ0n) is 30.3. The number of benzene rings is 9. The van der Waals surface area contributed by atoms with Crippen LogP contribution >= 0.6 is 0 Å². The van der Waals surface area contributed by atoms with Gasteiger partial charge < -0.3 is 0 Å². The molecule has 0 spiro atoms. The molecule has 11 aromatic rings. The molecule has 0 aliphatic rings. The fraction of sp³-hybridized carbons (Fsp3) is 0. The van der Waals surface area contributed by atoms with E-state index in [0.29, 0.717) is 17.5 Å². The Bertz CT molecular complexity index is 3240. The third-order valence-corrected chi connectivity index (χ3v) is 10.9. The normalized spacial score (nSPS) is 11.6. The fourth-order valence-corrected chi connectivity index (χ4v) is 8.35. The van der Waals surface area contributed by atoms with Crippen LogP contribution in [0.3, 0.4) is 0 Å². The maximum atomic E-state index is 5.18. The maximum Gasteiger partial charge on any atom is 0.164 e. The van der Waals surface area contributed by atoms with Gasteiger partial charge in [-0.2, -0.15) is 0 Å². The summed E-state index contributed by atoms with van der Waals surface area (Å²) in [6.45, 7) is 0. The molecule has 0 amide bonds. The van der Waals surface area contributed by atoms with Gasteiger partial charge in [-0.05, 0) is 90.1 Å². The van der Waals surface area contributed by atoms with Gasteiger partial charge in [-0.25, -0.2) is 15.0 Å². The lowest BCUT2D eigenvalue weighted by Crippen LogP contribution is -2.00. The molecule has 0 radical (unpaired) electrons. The van der Waals surface area contributed by atoms with Gasteiger partial charge in [0, 0.05) is 33.8 Å². The minimum atomic E-state index is 0.607. The first-order valence-electron chi connectivity index (χ1n) is 18.9. The van der Waals surface area contributed by atoms with E-state index in [0.717, 1.165) is 49.8 Å². The second kappa shape index (κ2) is 13.1. The predicted octanol–water partition coefficient (Wildman–Crippen LogP) is 13.4. The molecule has 4 nitrogen and oxygen atoms in total. The minimum absolute atomic E-state index is 0.607. The number of para-hydroxylation sites is 1. The van der Waals surface area contributed by atoms with Crippen LogP contribution in [0.2, 0.25) is 0 Å². The van der Waals surface area contributed by atoms with Crippen molar-refractivity contribution in [2.45, 2.75) is 0 Å². The number of hydrogen-bond acceptors (Lipinski definition) is 4. The average molecular weight is 713 g/mol. The molecule has 11 rings (SSSR count). The Hall–Kier alpha value is -7.56. The molecular weight excluding hydrogens is 681 g/mol. The summed E-state index contributed by atoms with van der Waals surface area (Å²) in [5.74, 6) is 1.86. The van der Waals surface area contributed by atoms with Crippen LogP contribution in [0.4, 0.5) is 0 Å². The third-order valence-electron chi connectivity index (χ3n) is 10.9. The lowest BCUT2D eigenvalue weighted by atomic mass is 9.86. The molecule has 260 valence electrons. The van der Waals surface area contributed by atoms with E-state index in [1.165, 1.54) is 43.1 Å². The van der Waals surface area contributed by atoms with Crippen molar-refractivity contribution in [1.82, 2.24) is 19.9 Å². The topological polar surface area (TPSA) is 51.6 Å². The highest BCUT2D eigenvalue weighted by Gasteiger charge is 2.19. The lowest BCUT2D eigenvalue weighted by molar-refractivity contribution is 1.07. The van der Waals surface area contributed by atoms with Gasteiger partial charge in [-0.1, -0.05) is 158 Å². The molecule has 0 atom stereocenters. The van der Waals surface area contributed by atoms with Crippen molar-refractivity contribution in [2.24, 2.45) is 0 Å². The first kappa shape index (κ1) is 31.9. The quantitative estimate of drug-likeness (QED) is 0.167. The van der Waals surface area contributed by atoms with Gasteiger partial charge in [-0.15, -0.1) is 0 Å². The largest absolute Gasteiger partial charge is 0.256 e. The highest BCUT2D eigenvalue weighted by molar-refractivity contribution is 6.33. The first-order valence-corrected chi connectivity index (χ1v) is 18.9. The molecule has 0 saturated heterocycles. The van der Waals surface area contributed by atoms with Gasteiger partial charge >= 0.3 is 0 Å². The molecule has 2 heterocycles. The summed E-state index contributed by atoms with van der Waals surface area (Å²) in [6, 6.07) is 66.3. The van der Waals surface area contributed by atoms with Crippen LogP contribution in [-0.4, -0.2) is 19.9 Å². The molecule has 2 aromatic heterocycles. The number of aromatic nitrogens is 4. The Morgan fingerprint density at radius 1 is 0.286 bits per heavy atom. The Morgan fingerprint density at radius 3 is 1.39 bits per heavy atom. The number of pyridine rings is 1. The van der Waals surface area contributed by atoms with Crippen molar-refractivity contribution in [3.8, 4) is 56.4 Å². The molecule has 0 fully saturated rings. The van der Waals surface area contributed by atoms with E-state index in [2.05, 4.69) is 121 Å². The van der Waals surface area contributed by atoms with Crippen LogP contribution in [0.15, 0.2) is 194 Å². The Balaban J connectivity index is 1.24. The summed E-state index contributed by atoms with van der Waals surface area (Å²) >= 11 is 0. The molecule has 4 heteroatoms. The second-order valence-electron chi connectivity index (χ2n) is 14.2. The van der Waals surface area contributed by atoms with Crippen molar-refractivity contribution in [1.29, 1.82) is 0 Å². The van der Waals surface area contributed by atoms with E-state index in [-0.39, 0.29) is 0 Å². The summed E-state index contributed by atoms with van der Waals surface area (Å²) in [5, 5.41) is 11.0. The van der Waals surface area contributed by atoms with Crippen LogP contribution in [0.1, 0.15) is 0 Å². The highest BCUT2D eigenvalue weighted by atomic mass is 15.0. The number of fused-ring (bicyclic) bond motifs is 9. The number of hydrogen-bond donors (Lipinski definition) is 0. The summed E-state index contributed by atoms with van der Waals surface area (Å²) < 4.78 is 0. The predicted molar refractivity (Wildman–Crippen MR) is 232 cm³/mol. The van der Waals surface area contributed by atoms with Gasteiger partial charge in [0.25, 0.3) is 0 Å². The van der Waals surface area contributed by atoms with E-state index in [9.17, 15) is 0 Å². The highest BCUT2D eigenvalue weighted by Crippen LogP contribution is 2.44. The zero-order chi connectivity index (χ0) is 37.0. The fourth-order valence-electron chi connectivity index (χ4n) is 8.35. The van der Waals surface area contributed by atoms with Crippen molar-refractivity contribution >= 4 is 54.0 Å². The van der Waals surface area contributed by atoms with Crippen LogP contribution < -0.4 is 0 Å². The summed E-state index contributed by atoms with van der Waals surface area (Å²) in [4.78, 5) is 20.2. The SMILES string of the molecule is c1ccc(-c2nc(-c3ccccc3)nc(-c3cc(-c4cc5c6ccccc6c6ccccc6c5c5ccccc45)cc(-c4cccc5cccnc45)c3)n2)cc1. The Labute approximate surface area is 323 Å². The van der Waals surface area contributed by atoms with E-state index < -0.39 is 0 Å². The summed E-state index contributed by atoms with van der Waals surface area (Å²) in [7, 11) is 0. The molecule has 0 unspecified atom stereocenters. The van der Waals surface area contributed by atoms with E-state index in [4.69, 9.17) is 19.9 Å². The van der Waals surface area contributed by atoms with E-state index in [1.807, 2.05) is 72.9 Å². The monoisotopic (exact) mass is 712 g/mol.